The van der Waals surface area contributed by atoms with Crippen molar-refractivity contribution in [2.24, 2.45) is 11.3 Å². The van der Waals surface area contributed by atoms with Gasteiger partial charge in [0.15, 0.2) is 5.82 Å². The Hall–Kier alpha value is -3.91. The number of nitrogens with one attached hydrogen (secondary N) is 3. The van der Waals surface area contributed by atoms with Gasteiger partial charge in [-0.05, 0) is 72.9 Å². The van der Waals surface area contributed by atoms with Crippen molar-refractivity contribution < 1.29 is 0 Å². The number of hydrogen-bond donors (Lipinski definition) is 3. The van der Waals surface area contributed by atoms with Gasteiger partial charge in [-0.15, -0.1) is 0 Å². The Bertz CT molecular complexity index is 1620. The lowest BCUT2D eigenvalue weighted by atomic mass is 9.74. The van der Waals surface area contributed by atoms with E-state index in [0.29, 0.717) is 17.7 Å². The SMILES string of the molecule is CC1(C)CNCCC1CNc1nc(-c2ccnc3[nH]c(-c4cccnc4)cc23)nc2cncc(C3CC3)c12. The predicted molar refractivity (Wildman–Crippen MR) is 151 cm³/mol. The predicted octanol–water partition coefficient (Wildman–Crippen LogP) is 5.56. The first-order valence-electron chi connectivity index (χ1n) is 13.6. The molecule has 6 heterocycles. The molecule has 0 radical (unpaired) electrons. The van der Waals surface area contributed by atoms with Crippen molar-refractivity contribution in [3.63, 3.8) is 0 Å². The second-order valence-corrected chi connectivity index (χ2v) is 11.4. The number of anilines is 1. The van der Waals surface area contributed by atoms with Crippen molar-refractivity contribution in [2.45, 2.75) is 39.0 Å². The maximum atomic E-state index is 5.19. The van der Waals surface area contributed by atoms with E-state index in [1.165, 1.54) is 18.4 Å². The quantitative estimate of drug-likeness (QED) is 0.278. The minimum absolute atomic E-state index is 0.225. The number of hydrogen-bond acceptors (Lipinski definition) is 7. The monoisotopic (exact) mass is 504 g/mol. The van der Waals surface area contributed by atoms with E-state index in [-0.39, 0.29) is 5.41 Å². The summed E-state index contributed by atoms with van der Waals surface area (Å²) in [5.41, 5.74) is 6.12. The van der Waals surface area contributed by atoms with Gasteiger partial charge in [0, 0.05) is 65.5 Å². The van der Waals surface area contributed by atoms with Gasteiger partial charge in [-0.1, -0.05) is 13.8 Å². The topological polar surface area (TPSA) is 104 Å². The van der Waals surface area contributed by atoms with E-state index in [1.807, 2.05) is 43.0 Å². The Morgan fingerprint density at radius 1 is 1.03 bits per heavy atom. The first kappa shape index (κ1) is 23.2. The molecule has 1 saturated carbocycles. The third-order valence-corrected chi connectivity index (χ3v) is 8.27. The lowest BCUT2D eigenvalue weighted by Crippen LogP contribution is -2.45. The summed E-state index contributed by atoms with van der Waals surface area (Å²) in [6.07, 6.45) is 12.9. The molecule has 38 heavy (non-hydrogen) atoms. The fourth-order valence-corrected chi connectivity index (χ4v) is 5.78. The molecule has 5 aromatic heterocycles. The number of fused-ring (bicyclic) bond motifs is 2. The highest BCUT2D eigenvalue weighted by molar-refractivity contribution is 5.98. The van der Waals surface area contributed by atoms with Gasteiger partial charge in [0.05, 0.1) is 11.7 Å². The minimum atomic E-state index is 0.225. The van der Waals surface area contributed by atoms with Crippen LogP contribution in [0.3, 0.4) is 0 Å². The largest absolute Gasteiger partial charge is 0.369 e. The molecule has 1 aliphatic carbocycles. The van der Waals surface area contributed by atoms with Crippen molar-refractivity contribution in [3.8, 4) is 22.6 Å². The molecular weight excluding hydrogens is 472 g/mol. The Kier molecular flexibility index (Phi) is 5.58. The van der Waals surface area contributed by atoms with E-state index in [2.05, 4.69) is 50.5 Å². The van der Waals surface area contributed by atoms with Crippen molar-refractivity contribution >= 4 is 27.8 Å². The summed E-state index contributed by atoms with van der Waals surface area (Å²) in [5, 5.41) is 9.45. The van der Waals surface area contributed by atoms with E-state index in [4.69, 9.17) is 9.97 Å². The molecule has 192 valence electrons. The molecule has 1 aliphatic heterocycles. The highest BCUT2D eigenvalue weighted by atomic mass is 15.0. The molecule has 2 aliphatic rings. The maximum Gasteiger partial charge on any atom is 0.163 e. The average molecular weight is 505 g/mol. The molecular formula is C30H32N8. The van der Waals surface area contributed by atoms with Crippen molar-refractivity contribution in [1.82, 2.24) is 35.2 Å². The molecule has 0 bridgehead atoms. The smallest absolute Gasteiger partial charge is 0.163 e. The van der Waals surface area contributed by atoms with Crippen LogP contribution in [0.2, 0.25) is 0 Å². The fraction of sp³-hybridized carbons (Fsp3) is 0.367. The third kappa shape index (κ3) is 4.19. The summed E-state index contributed by atoms with van der Waals surface area (Å²) < 4.78 is 0. The zero-order chi connectivity index (χ0) is 25.7. The summed E-state index contributed by atoms with van der Waals surface area (Å²) in [6.45, 7) is 7.69. The Morgan fingerprint density at radius 3 is 2.76 bits per heavy atom. The zero-order valence-corrected chi connectivity index (χ0v) is 21.8. The first-order valence-corrected chi connectivity index (χ1v) is 13.6. The number of nitrogens with zero attached hydrogens (tertiary/aromatic N) is 5. The van der Waals surface area contributed by atoms with E-state index in [9.17, 15) is 0 Å². The van der Waals surface area contributed by atoms with Crippen LogP contribution in [0.25, 0.3) is 44.6 Å². The summed E-state index contributed by atoms with van der Waals surface area (Å²) >= 11 is 0. The lowest BCUT2D eigenvalue weighted by molar-refractivity contribution is 0.166. The molecule has 7 rings (SSSR count). The fourth-order valence-electron chi connectivity index (χ4n) is 5.78. The lowest BCUT2D eigenvalue weighted by Gasteiger charge is -2.39. The van der Waals surface area contributed by atoms with Crippen molar-refractivity contribution in [3.05, 3.63) is 60.8 Å². The number of pyridine rings is 3. The van der Waals surface area contributed by atoms with E-state index >= 15 is 0 Å². The molecule has 8 heteroatoms. The van der Waals surface area contributed by atoms with Gasteiger partial charge in [0.2, 0.25) is 0 Å². The number of aromatic amines is 1. The molecule has 1 saturated heterocycles. The molecule has 1 unspecified atom stereocenters. The van der Waals surface area contributed by atoms with Gasteiger partial charge in [-0.25, -0.2) is 15.0 Å². The van der Waals surface area contributed by atoms with E-state index < -0.39 is 0 Å². The van der Waals surface area contributed by atoms with Gasteiger partial charge < -0.3 is 15.6 Å². The average Bonchev–Trinajstić information content (AvgIpc) is 3.69. The number of H-pyrrole nitrogens is 1. The second-order valence-electron chi connectivity index (χ2n) is 11.4. The highest BCUT2D eigenvalue weighted by Crippen LogP contribution is 2.44. The van der Waals surface area contributed by atoms with Crippen LogP contribution in [0, 0.1) is 11.3 Å². The van der Waals surface area contributed by atoms with E-state index in [0.717, 1.165) is 70.6 Å². The van der Waals surface area contributed by atoms with Gasteiger partial charge in [-0.3, -0.25) is 9.97 Å². The van der Waals surface area contributed by atoms with E-state index in [1.54, 1.807) is 6.20 Å². The number of aromatic nitrogens is 6. The van der Waals surface area contributed by atoms with Crippen LogP contribution in [0.4, 0.5) is 5.82 Å². The molecule has 3 N–H and O–H groups in total. The molecule has 0 amide bonds. The van der Waals surface area contributed by atoms with Crippen LogP contribution in [0.1, 0.15) is 44.6 Å². The van der Waals surface area contributed by atoms with Crippen molar-refractivity contribution in [1.29, 1.82) is 0 Å². The van der Waals surface area contributed by atoms with Gasteiger partial charge in [0.25, 0.3) is 0 Å². The molecule has 0 spiro atoms. The standard InChI is InChI=1S/C30H32N8/c1-30(2)17-32-10-7-20(30)14-35-29-26-23(18-5-6-18)15-33-16-25(26)37-28(38-29)21-8-11-34-27-22(21)12-24(36-27)19-4-3-9-31-13-19/h3-4,8-9,11-13,15-16,18,20,32H,5-7,10,14,17H2,1-2H3,(H,34,36)(H,35,37,38). The zero-order valence-electron chi connectivity index (χ0n) is 21.8. The van der Waals surface area contributed by atoms with Crippen LogP contribution in [-0.2, 0) is 0 Å². The molecule has 8 nitrogen and oxygen atoms in total. The first-order chi connectivity index (χ1) is 18.6. The van der Waals surface area contributed by atoms with Crippen LogP contribution in [-0.4, -0.2) is 49.5 Å². The normalized spacial score (nSPS) is 19.2. The van der Waals surface area contributed by atoms with Crippen LogP contribution >= 0.6 is 0 Å². The highest BCUT2D eigenvalue weighted by Gasteiger charge is 2.33. The summed E-state index contributed by atoms with van der Waals surface area (Å²) in [5.74, 6) is 2.71. The van der Waals surface area contributed by atoms with Gasteiger partial charge >= 0.3 is 0 Å². The molecule has 2 fully saturated rings. The molecule has 0 aromatic carbocycles. The van der Waals surface area contributed by atoms with Crippen LogP contribution in [0.5, 0.6) is 0 Å². The van der Waals surface area contributed by atoms with Gasteiger partial charge in [-0.2, -0.15) is 0 Å². The Labute approximate surface area is 221 Å². The summed E-state index contributed by atoms with van der Waals surface area (Å²) in [4.78, 5) is 27.1. The molecule has 5 aromatic rings. The van der Waals surface area contributed by atoms with Crippen LogP contribution in [0.15, 0.2) is 55.2 Å². The second kappa shape index (κ2) is 9.13. The number of piperidine rings is 1. The summed E-state index contributed by atoms with van der Waals surface area (Å²) in [7, 11) is 0. The minimum Gasteiger partial charge on any atom is -0.369 e. The maximum absolute atomic E-state index is 5.19. The molecule has 1 atom stereocenters. The van der Waals surface area contributed by atoms with Crippen LogP contribution < -0.4 is 10.6 Å². The van der Waals surface area contributed by atoms with Gasteiger partial charge in [0.1, 0.15) is 11.5 Å². The Morgan fingerprint density at radius 2 is 1.95 bits per heavy atom. The third-order valence-electron chi connectivity index (χ3n) is 8.27. The summed E-state index contributed by atoms with van der Waals surface area (Å²) in [6, 6.07) is 8.10. The number of rotatable bonds is 6. The Balaban J connectivity index is 1.34. The van der Waals surface area contributed by atoms with Crippen molar-refractivity contribution in [2.75, 3.05) is 25.0 Å².